The molecule has 0 fully saturated rings. The summed E-state index contributed by atoms with van der Waals surface area (Å²) in [6, 6.07) is 5.25. The summed E-state index contributed by atoms with van der Waals surface area (Å²) >= 11 is 18.3. The maximum Gasteiger partial charge on any atom is 0.442 e. The Hall–Kier alpha value is -3.87. The van der Waals surface area contributed by atoms with Gasteiger partial charge in [-0.15, -0.1) is 5.10 Å². The van der Waals surface area contributed by atoms with Crippen molar-refractivity contribution in [2.24, 2.45) is 0 Å². The number of ether oxygens (including phenoxy) is 3. The summed E-state index contributed by atoms with van der Waals surface area (Å²) in [5.41, 5.74) is 0.652. The molecule has 15 heteroatoms. The Morgan fingerprint density at radius 1 is 0.922 bits per heavy atom. The zero-order valence-electron chi connectivity index (χ0n) is 29.4. The van der Waals surface area contributed by atoms with Crippen molar-refractivity contribution in [2.45, 2.75) is 98.0 Å². The molecule has 0 N–H and O–H groups in total. The predicted molar refractivity (Wildman–Crippen MR) is 192 cm³/mol. The maximum absolute atomic E-state index is 14.5. The lowest BCUT2D eigenvalue weighted by molar-refractivity contribution is -0.146. The van der Waals surface area contributed by atoms with Gasteiger partial charge >= 0.3 is 11.7 Å². The summed E-state index contributed by atoms with van der Waals surface area (Å²) in [5.74, 6) is -2.25. The molecule has 51 heavy (non-hydrogen) atoms. The molecule has 0 bridgehead atoms. The highest BCUT2D eigenvalue weighted by Gasteiger charge is 2.41. The number of carbonyl (C=O) groups excluding carboxylic acids is 3. The first kappa shape index (κ1) is 39.9. The summed E-state index contributed by atoms with van der Waals surface area (Å²) in [4.78, 5) is 50.0. The van der Waals surface area contributed by atoms with Gasteiger partial charge in [0.25, 0.3) is 11.8 Å². The zero-order valence-corrected chi connectivity index (χ0v) is 31.6. The first-order chi connectivity index (χ1) is 24.0. The third-order valence-corrected chi connectivity index (χ3v) is 8.66. The van der Waals surface area contributed by atoms with Crippen LogP contribution in [0.5, 0.6) is 11.5 Å². The van der Waals surface area contributed by atoms with Crippen LogP contribution in [0.3, 0.4) is 0 Å². The van der Waals surface area contributed by atoms with Gasteiger partial charge in [0.05, 0.1) is 39.2 Å². The molecular formula is C36H41Cl3FN3O8. The molecule has 11 nitrogen and oxygen atoms in total. The number of hydrogen-bond acceptors (Lipinski definition) is 9. The minimum Gasteiger partial charge on any atom is -0.489 e. The van der Waals surface area contributed by atoms with Crippen LogP contribution < -0.4 is 20.1 Å². The molecule has 5 rings (SSSR count). The number of nitrogens with zero attached hydrogens (tertiary/aromatic N) is 3. The van der Waals surface area contributed by atoms with Crippen molar-refractivity contribution in [3.63, 3.8) is 0 Å². The topological polar surface area (TPSA) is 130 Å². The number of benzene rings is 2. The lowest BCUT2D eigenvalue weighted by atomic mass is 9.93. The Morgan fingerprint density at radius 2 is 1.53 bits per heavy atom. The fourth-order valence-electron chi connectivity index (χ4n) is 5.23. The van der Waals surface area contributed by atoms with Crippen LogP contribution in [0.15, 0.2) is 44.6 Å². The van der Waals surface area contributed by atoms with Gasteiger partial charge in [-0.05, 0) is 58.1 Å². The molecule has 0 unspecified atom stereocenters. The maximum atomic E-state index is 14.5. The number of anilines is 1. The largest absolute Gasteiger partial charge is 0.489 e. The third kappa shape index (κ3) is 9.72. The highest BCUT2D eigenvalue weighted by Crippen LogP contribution is 2.40. The number of carbonyl (C=O) groups is 3. The standard InChI is InChI=1S/C21H23ClFNO5.C15H18Cl2N2O3/c1-2-3-6-9-28-19(25)12-29-18-11-17(16(23)10-15(18)22)24-20(26)13-7-4-5-8-14(13)21(24)27;1-8(2)21-12-7-11(9(16)6-10(12)17)19-14(20)22-13(18-19)15(3,4)5/h10-11H,2-9,12H2,1H3;6-8H,1-5H3. The van der Waals surface area contributed by atoms with E-state index in [4.69, 9.17) is 53.4 Å². The average Bonchev–Trinajstić information content (AvgIpc) is 3.57. The summed E-state index contributed by atoms with van der Waals surface area (Å²) < 4.78 is 36.9. The van der Waals surface area contributed by atoms with Crippen molar-refractivity contribution in [1.29, 1.82) is 0 Å². The van der Waals surface area contributed by atoms with E-state index in [2.05, 4.69) is 5.10 Å². The van der Waals surface area contributed by atoms with Crippen molar-refractivity contribution >= 4 is 58.3 Å². The van der Waals surface area contributed by atoms with Gasteiger partial charge in [-0.3, -0.25) is 9.59 Å². The van der Waals surface area contributed by atoms with Gasteiger partial charge in [-0.25, -0.2) is 18.9 Å². The number of unbranched alkanes of at least 4 members (excludes halogenated alkanes) is 2. The molecule has 1 aliphatic heterocycles. The second-order valence-corrected chi connectivity index (χ2v) is 14.5. The van der Waals surface area contributed by atoms with Crippen LogP contribution in [0.2, 0.25) is 15.1 Å². The van der Waals surface area contributed by atoms with Crippen LogP contribution >= 0.6 is 34.8 Å². The summed E-state index contributed by atoms with van der Waals surface area (Å²) in [7, 11) is 0. The molecule has 1 aliphatic carbocycles. The average molecular weight is 769 g/mol. The number of aromatic nitrogens is 2. The van der Waals surface area contributed by atoms with Crippen LogP contribution in [-0.2, 0) is 24.5 Å². The fraction of sp³-hybridized carbons (Fsp3) is 0.472. The second kappa shape index (κ2) is 17.1. The van der Waals surface area contributed by atoms with Gasteiger partial charge in [0.1, 0.15) is 17.3 Å². The number of esters is 1. The molecule has 2 amide bonds. The van der Waals surface area contributed by atoms with Crippen LogP contribution in [0.25, 0.3) is 5.69 Å². The summed E-state index contributed by atoms with van der Waals surface area (Å²) in [6.07, 6.45) is 5.34. The smallest absolute Gasteiger partial charge is 0.442 e. The highest BCUT2D eigenvalue weighted by atomic mass is 35.5. The molecule has 2 heterocycles. The molecule has 2 aromatic carbocycles. The minimum atomic E-state index is -0.814. The number of halogens is 4. The molecule has 3 aromatic rings. The van der Waals surface area contributed by atoms with E-state index >= 15 is 0 Å². The van der Waals surface area contributed by atoms with E-state index in [9.17, 15) is 23.6 Å². The van der Waals surface area contributed by atoms with E-state index in [-0.39, 0.29) is 33.0 Å². The van der Waals surface area contributed by atoms with E-state index < -0.39 is 36.0 Å². The molecule has 0 spiro atoms. The van der Waals surface area contributed by atoms with Gasteiger partial charge in [0.15, 0.2) is 6.61 Å². The van der Waals surface area contributed by atoms with Crippen LogP contribution in [-0.4, -0.2) is 46.9 Å². The van der Waals surface area contributed by atoms with Crippen LogP contribution in [0.1, 0.15) is 92.4 Å². The number of imide groups is 1. The van der Waals surface area contributed by atoms with Gasteiger partial charge in [0.2, 0.25) is 5.89 Å². The molecule has 0 saturated heterocycles. The zero-order chi connectivity index (χ0) is 37.6. The Kier molecular flexibility index (Phi) is 13.4. The van der Waals surface area contributed by atoms with Gasteiger partial charge in [-0.2, -0.15) is 4.68 Å². The van der Waals surface area contributed by atoms with Crippen molar-refractivity contribution in [3.8, 4) is 17.2 Å². The monoisotopic (exact) mass is 767 g/mol. The van der Waals surface area contributed by atoms with Gasteiger partial charge < -0.3 is 18.6 Å². The molecule has 2 aliphatic rings. The SMILES string of the molecule is CC(C)Oc1cc(-n2nc(C(C)(C)C)oc2=O)c(Cl)cc1Cl.CCCCCOC(=O)COc1cc(N2C(=O)C3=C(CCCC3)C2=O)c(F)cc1Cl. The van der Waals surface area contributed by atoms with Crippen LogP contribution in [0, 0.1) is 5.82 Å². The normalized spacial score (nSPS) is 14.5. The molecule has 1 aromatic heterocycles. The lowest BCUT2D eigenvalue weighted by Gasteiger charge is -2.18. The Balaban J connectivity index is 0.000000238. The molecular weight excluding hydrogens is 728 g/mol. The van der Waals surface area contributed by atoms with E-state index in [0.717, 1.165) is 47.8 Å². The number of rotatable bonds is 11. The van der Waals surface area contributed by atoms with E-state index in [1.165, 1.54) is 12.1 Å². The van der Waals surface area contributed by atoms with Crippen molar-refractivity contribution in [2.75, 3.05) is 18.1 Å². The minimum absolute atomic E-state index is 0.000883. The quantitative estimate of drug-likeness (QED) is 0.107. The molecule has 276 valence electrons. The predicted octanol–water partition coefficient (Wildman–Crippen LogP) is 8.55. The van der Waals surface area contributed by atoms with E-state index in [1.807, 2.05) is 41.5 Å². The highest BCUT2D eigenvalue weighted by molar-refractivity contribution is 6.36. The Labute approximate surface area is 310 Å². The number of amides is 2. The molecule has 0 saturated carbocycles. The van der Waals surface area contributed by atoms with E-state index in [0.29, 0.717) is 52.9 Å². The van der Waals surface area contributed by atoms with Crippen LogP contribution in [0.4, 0.5) is 10.1 Å². The van der Waals surface area contributed by atoms with Crippen molar-refractivity contribution in [3.05, 3.63) is 72.7 Å². The van der Waals surface area contributed by atoms with Crippen molar-refractivity contribution in [1.82, 2.24) is 9.78 Å². The fourth-order valence-corrected chi connectivity index (χ4v) is 5.95. The summed E-state index contributed by atoms with van der Waals surface area (Å²) in [6.45, 7) is 11.4. The van der Waals surface area contributed by atoms with Crippen molar-refractivity contribution < 1.29 is 37.4 Å². The van der Waals surface area contributed by atoms with E-state index in [1.54, 1.807) is 6.07 Å². The Morgan fingerprint density at radius 3 is 2.10 bits per heavy atom. The first-order valence-corrected chi connectivity index (χ1v) is 17.8. The molecule has 0 radical (unpaired) electrons. The van der Waals surface area contributed by atoms with Gasteiger partial charge in [-0.1, -0.05) is 75.3 Å². The molecule has 0 atom stereocenters. The Bertz CT molecular complexity index is 1850. The third-order valence-electron chi connectivity index (χ3n) is 7.77. The summed E-state index contributed by atoms with van der Waals surface area (Å²) in [5, 5.41) is 4.81. The second-order valence-electron chi connectivity index (χ2n) is 13.3. The first-order valence-electron chi connectivity index (χ1n) is 16.7. The lowest BCUT2D eigenvalue weighted by Crippen LogP contribution is -2.32. The van der Waals surface area contributed by atoms with Gasteiger partial charge in [0, 0.05) is 28.7 Å². The number of hydrogen-bond donors (Lipinski definition) is 0.